The number of rotatable bonds is 5. The number of benzene rings is 2. The number of para-hydroxylation sites is 1. The van der Waals surface area contributed by atoms with Crippen molar-refractivity contribution in [3.05, 3.63) is 64.5 Å². The molecule has 0 amide bonds. The average molecular weight is 359 g/mol. The molecule has 0 saturated heterocycles. The monoisotopic (exact) mass is 359 g/mol. The number of nitrogens with one attached hydrogen (secondary N) is 1. The fourth-order valence-electron chi connectivity index (χ4n) is 2.39. The molecule has 0 atom stereocenters. The van der Waals surface area contributed by atoms with Gasteiger partial charge in [0, 0.05) is 18.6 Å². The highest BCUT2D eigenvalue weighted by atomic mass is 32.2. The van der Waals surface area contributed by atoms with E-state index in [1.807, 2.05) is 13.0 Å². The fourth-order valence-corrected chi connectivity index (χ4v) is 2.94. The van der Waals surface area contributed by atoms with Gasteiger partial charge in [-0.05, 0) is 18.2 Å². The molecule has 7 heteroatoms. The van der Waals surface area contributed by atoms with Crippen molar-refractivity contribution in [3.8, 4) is 11.5 Å². The van der Waals surface area contributed by atoms with Crippen molar-refractivity contribution in [3.63, 3.8) is 0 Å². The predicted octanol–water partition coefficient (Wildman–Crippen LogP) is 3.52. The largest absolute Gasteiger partial charge is 0.461 e. The summed E-state index contributed by atoms with van der Waals surface area (Å²) >= 11 is 0. The van der Waals surface area contributed by atoms with Crippen LogP contribution in [0.1, 0.15) is 12.7 Å². The molecule has 130 valence electrons. The van der Waals surface area contributed by atoms with Crippen LogP contribution in [0.2, 0.25) is 0 Å². The van der Waals surface area contributed by atoms with Gasteiger partial charge in [-0.25, -0.2) is 8.42 Å². The van der Waals surface area contributed by atoms with Gasteiger partial charge in [0.25, 0.3) is 0 Å². The van der Waals surface area contributed by atoms with E-state index in [-0.39, 0.29) is 16.9 Å². The van der Waals surface area contributed by atoms with E-state index in [0.717, 1.165) is 6.26 Å². The summed E-state index contributed by atoms with van der Waals surface area (Å²) in [5.41, 5.74) is 0.299. The Balaban J connectivity index is 2.19. The fraction of sp³-hybridized carbons (Fsp3) is 0.167. The molecule has 1 heterocycles. The van der Waals surface area contributed by atoms with Gasteiger partial charge in [0.05, 0.1) is 17.3 Å². The number of sulfonamides is 1. The third-order valence-corrected chi connectivity index (χ3v) is 4.09. The lowest BCUT2D eigenvalue weighted by Crippen LogP contribution is -2.11. The Morgan fingerprint density at radius 1 is 1.12 bits per heavy atom. The summed E-state index contributed by atoms with van der Waals surface area (Å²) in [5, 5.41) is 0.321. The number of fused-ring (bicyclic) bond motifs is 1. The number of ether oxygens (including phenoxy) is 1. The Morgan fingerprint density at radius 2 is 1.84 bits per heavy atom. The zero-order valence-electron chi connectivity index (χ0n) is 13.8. The lowest BCUT2D eigenvalue weighted by Gasteiger charge is -2.13. The molecule has 0 aliphatic heterocycles. The summed E-state index contributed by atoms with van der Waals surface area (Å²) in [5.74, 6) is 1.27. The molecule has 3 aromatic rings. The quantitative estimate of drug-likeness (QED) is 0.753. The van der Waals surface area contributed by atoms with Crippen molar-refractivity contribution >= 4 is 26.7 Å². The van der Waals surface area contributed by atoms with Crippen LogP contribution in [-0.2, 0) is 16.4 Å². The van der Waals surface area contributed by atoms with Crippen molar-refractivity contribution < 1.29 is 17.6 Å². The van der Waals surface area contributed by atoms with E-state index in [0.29, 0.717) is 28.9 Å². The molecule has 0 radical (unpaired) electrons. The van der Waals surface area contributed by atoms with Crippen LogP contribution in [0.15, 0.2) is 57.7 Å². The summed E-state index contributed by atoms with van der Waals surface area (Å²) in [6.07, 6.45) is 1.60. The third kappa shape index (κ3) is 4.00. The Morgan fingerprint density at radius 3 is 2.48 bits per heavy atom. The smallest absolute Gasteiger partial charge is 0.229 e. The zero-order chi connectivity index (χ0) is 18.0. The normalized spacial score (nSPS) is 11.4. The summed E-state index contributed by atoms with van der Waals surface area (Å²) in [6, 6.07) is 13.3. The van der Waals surface area contributed by atoms with E-state index in [9.17, 15) is 13.2 Å². The first-order valence-corrected chi connectivity index (χ1v) is 9.56. The van der Waals surface area contributed by atoms with Gasteiger partial charge in [-0.3, -0.25) is 9.52 Å². The van der Waals surface area contributed by atoms with Crippen LogP contribution in [0.3, 0.4) is 0 Å². The van der Waals surface area contributed by atoms with Gasteiger partial charge in [-0.1, -0.05) is 25.1 Å². The van der Waals surface area contributed by atoms with Crippen LogP contribution in [0, 0.1) is 0 Å². The van der Waals surface area contributed by atoms with Gasteiger partial charge in [0.1, 0.15) is 17.1 Å². The molecule has 3 rings (SSSR count). The second-order valence-corrected chi connectivity index (χ2v) is 7.31. The lowest BCUT2D eigenvalue weighted by atomic mass is 10.1. The molecule has 1 aromatic heterocycles. The molecule has 6 nitrogen and oxygen atoms in total. The molecule has 0 unspecified atom stereocenters. The van der Waals surface area contributed by atoms with Gasteiger partial charge in [0.15, 0.2) is 11.2 Å². The molecule has 2 aromatic carbocycles. The maximum Gasteiger partial charge on any atom is 0.229 e. The minimum absolute atomic E-state index is 0.204. The van der Waals surface area contributed by atoms with E-state index in [2.05, 4.69) is 4.72 Å². The summed E-state index contributed by atoms with van der Waals surface area (Å²) < 4.78 is 37.2. The minimum atomic E-state index is -3.54. The second-order valence-electron chi connectivity index (χ2n) is 5.56. The van der Waals surface area contributed by atoms with Gasteiger partial charge in [-0.2, -0.15) is 0 Å². The van der Waals surface area contributed by atoms with Gasteiger partial charge >= 0.3 is 0 Å². The number of aryl methyl sites for hydroxylation is 1. The number of hydrogen-bond acceptors (Lipinski definition) is 5. The van der Waals surface area contributed by atoms with E-state index in [4.69, 9.17) is 9.15 Å². The second kappa shape index (κ2) is 6.60. The van der Waals surface area contributed by atoms with Gasteiger partial charge < -0.3 is 9.15 Å². The summed E-state index contributed by atoms with van der Waals surface area (Å²) in [4.78, 5) is 12.3. The van der Waals surface area contributed by atoms with Crippen molar-refractivity contribution in [1.29, 1.82) is 0 Å². The van der Waals surface area contributed by atoms with E-state index in [1.165, 1.54) is 18.2 Å². The highest BCUT2D eigenvalue weighted by molar-refractivity contribution is 7.92. The molecular weight excluding hydrogens is 342 g/mol. The van der Waals surface area contributed by atoms with Crippen LogP contribution in [0.5, 0.6) is 11.5 Å². The van der Waals surface area contributed by atoms with Crippen LogP contribution in [0.4, 0.5) is 5.69 Å². The maximum atomic E-state index is 12.3. The van der Waals surface area contributed by atoms with E-state index < -0.39 is 10.0 Å². The van der Waals surface area contributed by atoms with E-state index in [1.54, 1.807) is 24.3 Å². The van der Waals surface area contributed by atoms with E-state index >= 15 is 0 Å². The molecule has 25 heavy (non-hydrogen) atoms. The number of hydrogen-bond donors (Lipinski definition) is 1. The van der Waals surface area contributed by atoms with Gasteiger partial charge in [0.2, 0.25) is 10.0 Å². The Hall–Kier alpha value is -2.80. The highest BCUT2D eigenvalue weighted by Crippen LogP contribution is 2.33. The first-order valence-electron chi connectivity index (χ1n) is 7.67. The molecule has 0 aliphatic carbocycles. The lowest BCUT2D eigenvalue weighted by molar-refractivity contribution is 0.484. The summed E-state index contributed by atoms with van der Waals surface area (Å²) in [7, 11) is -3.54. The molecule has 0 aliphatic rings. The Labute approximate surface area is 145 Å². The topological polar surface area (TPSA) is 85.6 Å². The predicted molar refractivity (Wildman–Crippen MR) is 96.8 cm³/mol. The standard InChI is InChI=1S/C18H17NO5S/c1-3-12-9-16(20)14-10-18(24-13-7-5-4-6-8-13)15(11-17(14)23-12)19-25(2,21)22/h4-11,19H,3H2,1-2H3. The van der Waals surface area contributed by atoms with Crippen LogP contribution in [0.25, 0.3) is 11.0 Å². The van der Waals surface area contributed by atoms with Crippen LogP contribution in [-0.4, -0.2) is 14.7 Å². The minimum Gasteiger partial charge on any atom is -0.461 e. The van der Waals surface area contributed by atoms with Crippen LogP contribution < -0.4 is 14.9 Å². The molecular formula is C18H17NO5S. The van der Waals surface area contributed by atoms with Gasteiger partial charge in [-0.15, -0.1) is 0 Å². The summed E-state index contributed by atoms with van der Waals surface area (Å²) in [6.45, 7) is 1.87. The number of anilines is 1. The Bertz CT molecular complexity index is 1070. The molecule has 0 fully saturated rings. The maximum absolute atomic E-state index is 12.3. The highest BCUT2D eigenvalue weighted by Gasteiger charge is 2.15. The van der Waals surface area contributed by atoms with Crippen molar-refractivity contribution in [2.45, 2.75) is 13.3 Å². The third-order valence-electron chi connectivity index (χ3n) is 3.50. The van der Waals surface area contributed by atoms with Crippen LogP contribution >= 0.6 is 0 Å². The first-order chi connectivity index (χ1) is 11.9. The van der Waals surface area contributed by atoms with Crippen molar-refractivity contribution in [2.75, 3.05) is 11.0 Å². The first kappa shape index (κ1) is 17.0. The molecule has 0 saturated carbocycles. The molecule has 1 N–H and O–H groups in total. The van der Waals surface area contributed by atoms with Crippen molar-refractivity contribution in [2.24, 2.45) is 0 Å². The average Bonchev–Trinajstić information content (AvgIpc) is 2.55. The SMILES string of the molecule is CCc1cc(=O)c2cc(Oc3ccccc3)c(NS(C)(=O)=O)cc2o1. The molecule has 0 spiro atoms. The Kier molecular flexibility index (Phi) is 4.50. The van der Waals surface area contributed by atoms with Crippen molar-refractivity contribution in [1.82, 2.24) is 0 Å². The zero-order valence-corrected chi connectivity index (χ0v) is 14.6. The molecule has 0 bridgehead atoms.